The predicted molar refractivity (Wildman–Crippen MR) is 93.5 cm³/mol. The second kappa shape index (κ2) is 6.59. The topological polar surface area (TPSA) is 23.5 Å². The number of benzene rings is 1. The molecule has 3 rings (SSSR count). The Morgan fingerprint density at radius 2 is 1.52 bits per heavy atom. The van der Waals surface area contributed by atoms with Gasteiger partial charge in [0.05, 0.1) is 8.95 Å². The molecule has 0 bridgehead atoms. The van der Waals surface area contributed by atoms with Gasteiger partial charge in [-0.1, -0.05) is 19.3 Å². The van der Waals surface area contributed by atoms with E-state index in [-0.39, 0.29) is 0 Å². The molecule has 1 aliphatic carbocycles. The normalized spacial score (nSPS) is 22.6. The molecule has 0 unspecified atom stereocenters. The third kappa shape index (κ3) is 3.65. The minimum absolute atomic E-state index is 0.290. The summed E-state index contributed by atoms with van der Waals surface area (Å²) in [6.45, 7) is 3.42. The number of hydrogen-bond donors (Lipinski definition) is 1. The summed E-state index contributed by atoms with van der Waals surface area (Å²) in [5, 5.41) is 9.80. The number of phenols is 1. The number of rotatable bonds is 2. The zero-order valence-electron chi connectivity index (χ0n) is 12.4. The van der Waals surface area contributed by atoms with Crippen LogP contribution in [0.15, 0.2) is 21.1 Å². The maximum Gasteiger partial charge on any atom is 0.143 e. The van der Waals surface area contributed by atoms with Gasteiger partial charge in [0.1, 0.15) is 5.75 Å². The molecule has 1 spiro atoms. The molecule has 1 heterocycles. The maximum atomic E-state index is 9.80. The molecule has 1 aromatic rings. The first-order valence-corrected chi connectivity index (χ1v) is 9.56. The summed E-state index contributed by atoms with van der Waals surface area (Å²) in [5.41, 5.74) is 1.93. The molecule has 2 fully saturated rings. The lowest BCUT2D eigenvalue weighted by Gasteiger charge is -2.44. The molecule has 1 aliphatic heterocycles. The monoisotopic (exact) mass is 415 g/mol. The highest BCUT2D eigenvalue weighted by Crippen LogP contribution is 2.44. The smallest absolute Gasteiger partial charge is 0.143 e. The first-order valence-electron chi connectivity index (χ1n) is 7.97. The molecule has 0 aromatic heterocycles. The predicted octanol–water partition coefficient (Wildman–Crippen LogP) is 5.46. The van der Waals surface area contributed by atoms with Crippen LogP contribution in [-0.4, -0.2) is 23.1 Å². The van der Waals surface area contributed by atoms with Crippen molar-refractivity contribution < 1.29 is 5.11 Å². The molecule has 0 amide bonds. The largest absolute Gasteiger partial charge is 0.506 e. The highest BCUT2D eigenvalue weighted by atomic mass is 79.9. The molecule has 4 heteroatoms. The Balaban J connectivity index is 1.60. The van der Waals surface area contributed by atoms with E-state index in [4.69, 9.17) is 0 Å². The van der Waals surface area contributed by atoms with Crippen LogP contribution in [0.5, 0.6) is 5.75 Å². The highest BCUT2D eigenvalue weighted by Gasteiger charge is 2.35. The summed E-state index contributed by atoms with van der Waals surface area (Å²) in [5.74, 6) is 0.290. The van der Waals surface area contributed by atoms with Crippen molar-refractivity contribution in [2.45, 2.75) is 51.5 Å². The Bertz CT molecular complexity index is 479. The van der Waals surface area contributed by atoms with E-state index in [1.807, 2.05) is 12.1 Å². The van der Waals surface area contributed by atoms with Gasteiger partial charge < -0.3 is 5.11 Å². The van der Waals surface area contributed by atoms with Crippen LogP contribution in [0.3, 0.4) is 0 Å². The molecule has 2 aliphatic rings. The van der Waals surface area contributed by atoms with Crippen LogP contribution in [0.25, 0.3) is 0 Å². The number of halogens is 2. The Hall–Kier alpha value is -0.0600. The van der Waals surface area contributed by atoms with Gasteiger partial charge in [-0.3, -0.25) is 4.90 Å². The van der Waals surface area contributed by atoms with Crippen molar-refractivity contribution >= 4 is 31.9 Å². The Morgan fingerprint density at radius 1 is 0.952 bits per heavy atom. The van der Waals surface area contributed by atoms with Crippen LogP contribution in [0.4, 0.5) is 0 Å². The quantitative estimate of drug-likeness (QED) is 0.691. The number of nitrogens with zero attached hydrogens (tertiary/aromatic N) is 1. The highest BCUT2D eigenvalue weighted by molar-refractivity contribution is 9.11. The van der Waals surface area contributed by atoms with Crippen LogP contribution >= 0.6 is 31.9 Å². The summed E-state index contributed by atoms with van der Waals surface area (Å²) >= 11 is 6.84. The van der Waals surface area contributed by atoms with E-state index in [0.717, 1.165) is 15.5 Å². The third-order valence-corrected chi connectivity index (χ3v) is 6.52. The molecular weight excluding hydrogens is 394 g/mol. The van der Waals surface area contributed by atoms with Crippen LogP contribution < -0.4 is 0 Å². The van der Waals surface area contributed by atoms with Gasteiger partial charge in [-0.05, 0) is 93.7 Å². The van der Waals surface area contributed by atoms with E-state index in [1.54, 1.807) is 0 Å². The van der Waals surface area contributed by atoms with Crippen molar-refractivity contribution in [2.24, 2.45) is 5.41 Å². The number of hydrogen-bond acceptors (Lipinski definition) is 2. The second-order valence-electron chi connectivity index (χ2n) is 6.74. The standard InChI is InChI=1S/C17H23Br2NO/c18-14-10-13(11-15(19)16(14)21)12-20-8-6-17(7-9-20)4-2-1-3-5-17/h10-11,21H,1-9,12H2. The number of piperidine rings is 1. The first-order chi connectivity index (χ1) is 10.1. The second-order valence-corrected chi connectivity index (χ2v) is 8.45. The lowest BCUT2D eigenvalue weighted by atomic mass is 9.68. The minimum Gasteiger partial charge on any atom is -0.506 e. The first kappa shape index (κ1) is 15.8. The zero-order valence-corrected chi connectivity index (χ0v) is 15.5. The van der Waals surface area contributed by atoms with Gasteiger partial charge in [0.15, 0.2) is 0 Å². The summed E-state index contributed by atoms with van der Waals surface area (Å²) < 4.78 is 1.54. The molecule has 1 saturated carbocycles. The number of likely N-dealkylation sites (tertiary alicyclic amines) is 1. The van der Waals surface area contributed by atoms with Crippen LogP contribution in [0.1, 0.15) is 50.5 Å². The third-order valence-electron chi connectivity index (χ3n) is 5.31. The van der Waals surface area contributed by atoms with E-state index < -0.39 is 0 Å². The number of aromatic hydroxyl groups is 1. The Labute approximate surface area is 144 Å². The van der Waals surface area contributed by atoms with E-state index in [0.29, 0.717) is 11.2 Å². The van der Waals surface area contributed by atoms with Crippen molar-refractivity contribution in [1.82, 2.24) is 4.90 Å². The van der Waals surface area contributed by atoms with Crippen molar-refractivity contribution in [3.8, 4) is 5.75 Å². The molecular formula is C17H23Br2NO. The lowest BCUT2D eigenvalue weighted by Crippen LogP contribution is -2.40. The number of phenolic OH excluding ortho intramolecular Hbond substituents is 1. The molecule has 116 valence electrons. The molecule has 2 nitrogen and oxygen atoms in total. The Kier molecular flexibility index (Phi) is 4.97. The van der Waals surface area contributed by atoms with Gasteiger partial charge >= 0.3 is 0 Å². The van der Waals surface area contributed by atoms with Crippen molar-refractivity contribution in [2.75, 3.05) is 13.1 Å². The molecule has 0 atom stereocenters. The fourth-order valence-electron chi connectivity index (χ4n) is 3.95. The summed E-state index contributed by atoms with van der Waals surface area (Å²) in [7, 11) is 0. The fourth-order valence-corrected chi connectivity index (χ4v) is 5.24. The van der Waals surface area contributed by atoms with E-state index in [1.165, 1.54) is 63.6 Å². The fraction of sp³-hybridized carbons (Fsp3) is 0.647. The molecule has 0 radical (unpaired) electrons. The Morgan fingerprint density at radius 3 is 2.10 bits per heavy atom. The molecule has 21 heavy (non-hydrogen) atoms. The van der Waals surface area contributed by atoms with Crippen molar-refractivity contribution in [3.05, 3.63) is 26.6 Å². The average molecular weight is 417 g/mol. The van der Waals surface area contributed by atoms with Crippen LogP contribution in [0, 0.1) is 5.41 Å². The SMILES string of the molecule is Oc1c(Br)cc(CN2CCC3(CCCCC3)CC2)cc1Br. The van der Waals surface area contributed by atoms with Gasteiger partial charge in [0, 0.05) is 6.54 Å². The maximum absolute atomic E-state index is 9.80. The van der Waals surface area contributed by atoms with Crippen LogP contribution in [-0.2, 0) is 6.54 Å². The van der Waals surface area contributed by atoms with Gasteiger partial charge in [-0.15, -0.1) is 0 Å². The van der Waals surface area contributed by atoms with Crippen molar-refractivity contribution in [3.63, 3.8) is 0 Å². The van der Waals surface area contributed by atoms with Gasteiger partial charge in [-0.25, -0.2) is 0 Å². The summed E-state index contributed by atoms with van der Waals surface area (Å²) in [6.07, 6.45) is 9.98. The van der Waals surface area contributed by atoms with Crippen LogP contribution in [0.2, 0.25) is 0 Å². The average Bonchev–Trinajstić information content (AvgIpc) is 2.48. The zero-order chi connectivity index (χ0) is 14.9. The van der Waals surface area contributed by atoms with Gasteiger partial charge in [-0.2, -0.15) is 0 Å². The molecule has 1 aromatic carbocycles. The molecule has 1 saturated heterocycles. The van der Waals surface area contributed by atoms with Gasteiger partial charge in [0.25, 0.3) is 0 Å². The van der Waals surface area contributed by atoms with E-state index >= 15 is 0 Å². The summed E-state index contributed by atoms with van der Waals surface area (Å²) in [6, 6.07) is 4.07. The molecule has 1 N–H and O–H groups in total. The van der Waals surface area contributed by atoms with E-state index in [2.05, 4.69) is 36.8 Å². The van der Waals surface area contributed by atoms with Crippen molar-refractivity contribution in [1.29, 1.82) is 0 Å². The van der Waals surface area contributed by atoms with E-state index in [9.17, 15) is 5.11 Å². The summed E-state index contributed by atoms with van der Waals surface area (Å²) in [4.78, 5) is 2.56. The lowest BCUT2D eigenvalue weighted by molar-refractivity contribution is 0.0641. The van der Waals surface area contributed by atoms with Gasteiger partial charge in [0.2, 0.25) is 0 Å². The minimum atomic E-state index is 0.290.